The first-order chi connectivity index (χ1) is 17.0. The third-order valence-corrected chi connectivity index (χ3v) is 6.17. The van der Waals surface area contributed by atoms with Crippen LogP contribution >= 0.6 is 11.6 Å². The largest absolute Gasteiger partial charge is 0.461 e. The fourth-order valence-corrected chi connectivity index (χ4v) is 4.13. The first kappa shape index (κ1) is 26.3. The molecule has 2 amide bonds. The maximum Gasteiger partial charge on any atom is 0.329 e. The van der Waals surface area contributed by atoms with Gasteiger partial charge in [0.25, 0.3) is 0 Å². The van der Waals surface area contributed by atoms with Crippen molar-refractivity contribution in [1.82, 2.24) is 10.8 Å². The number of hydrogen-bond acceptors (Lipinski definition) is 5. The van der Waals surface area contributed by atoms with Gasteiger partial charge in [-0.15, -0.1) is 0 Å². The molecule has 7 nitrogen and oxygen atoms in total. The molecule has 0 saturated heterocycles. The number of ether oxygens (including phenoxy) is 1. The standard InChI is InChI=1S/C27H29ClN2O5/c28-23-16-7-4-11-20(23)12-8-13-21(18-25(31)30-34)26(32)29-24(17-19-9-2-1-3-10-19)27(33)35-22-14-5-6-15-22/h1-4,7,9-11,16,21-22,24,34H,5-6,13-15,17-18H2,(H,29,32)(H,30,31)/t21?,24-/m1/s1. The zero-order chi connectivity index (χ0) is 25.0. The SMILES string of the molecule is O=C(CC(CC#Cc1ccccc1Cl)C(=O)N[C@H](Cc1ccccc1)C(=O)OC1CCCC1)NO. The fourth-order valence-electron chi connectivity index (χ4n) is 3.94. The second-order valence-electron chi connectivity index (χ2n) is 8.52. The second kappa shape index (κ2) is 13.5. The van der Waals surface area contributed by atoms with Crippen LogP contribution in [-0.4, -0.2) is 35.1 Å². The molecule has 0 heterocycles. The molecule has 2 atom stereocenters. The number of hydroxylamine groups is 1. The van der Waals surface area contributed by atoms with Crippen molar-refractivity contribution < 1.29 is 24.3 Å². The highest BCUT2D eigenvalue weighted by Gasteiger charge is 2.30. The number of halogens is 1. The summed E-state index contributed by atoms with van der Waals surface area (Å²) in [6.07, 6.45) is 3.49. The van der Waals surface area contributed by atoms with Gasteiger partial charge in [-0.1, -0.05) is 65.9 Å². The summed E-state index contributed by atoms with van der Waals surface area (Å²) in [6, 6.07) is 15.4. The number of nitrogens with one attached hydrogen (secondary N) is 2. The minimum Gasteiger partial charge on any atom is -0.461 e. The van der Waals surface area contributed by atoms with Crippen molar-refractivity contribution in [1.29, 1.82) is 0 Å². The molecule has 35 heavy (non-hydrogen) atoms. The number of carbonyl (C=O) groups excluding carboxylic acids is 3. The van der Waals surface area contributed by atoms with E-state index in [9.17, 15) is 14.4 Å². The maximum atomic E-state index is 13.2. The van der Waals surface area contributed by atoms with Crippen molar-refractivity contribution in [3.05, 3.63) is 70.7 Å². The van der Waals surface area contributed by atoms with Crippen molar-refractivity contribution in [2.45, 2.75) is 57.1 Å². The summed E-state index contributed by atoms with van der Waals surface area (Å²) in [7, 11) is 0. The van der Waals surface area contributed by atoms with E-state index in [-0.39, 0.29) is 25.4 Å². The number of hydrogen-bond donors (Lipinski definition) is 3. The number of amides is 2. The molecule has 0 radical (unpaired) electrons. The molecule has 1 saturated carbocycles. The third-order valence-electron chi connectivity index (χ3n) is 5.84. The van der Waals surface area contributed by atoms with Gasteiger partial charge in [0.1, 0.15) is 12.1 Å². The van der Waals surface area contributed by atoms with Gasteiger partial charge in [0.2, 0.25) is 11.8 Å². The van der Waals surface area contributed by atoms with Gasteiger partial charge in [0.05, 0.1) is 10.9 Å². The Bertz CT molecular complexity index is 1070. The van der Waals surface area contributed by atoms with E-state index < -0.39 is 29.7 Å². The van der Waals surface area contributed by atoms with Crippen molar-refractivity contribution in [3.8, 4) is 11.8 Å². The fraction of sp³-hybridized carbons (Fsp3) is 0.370. The second-order valence-corrected chi connectivity index (χ2v) is 8.92. The minimum absolute atomic E-state index is 0.0280. The first-order valence-corrected chi connectivity index (χ1v) is 12.0. The molecule has 8 heteroatoms. The summed E-state index contributed by atoms with van der Waals surface area (Å²) in [6.45, 7) is 0. The zero-order valence-electron chi connectivity index (χ0n) is 19.3. The molecule has 1 fully saturated rings. The van der Waals surface area contributed by atoms with Crippen LogP contribution in [0.15, 0.2) is 54.6 Å². The van der Waals surface area contributed by atoms with E-state index in [0.29, 0.717) is 10.6 Å². The predicted molar refractivity (Wildman–Crippen MR) is 131 cm³/mol. The van der Waals surface area contributed by atoms with E-state index in [1.54, 1.807) is 29.7 Å². The summed E-state index contributed by atoms with van der Waals surface area (Å²) < 4.78 is 5.67. The highest BCUT2D eigenvalue weighted by Crippen LogP contribution is 2.22. The van der Waals surface area contributed by atoms with E-state index in [1.165, 1.54) is 0 Å². The van der Waals surface area contributed by atoms with Gasteiger partial charge < -0.3 is 10.1 Å². The zero-order valence-corrected chi connectivity index (χ0v) is 20.1. The van der Waals surface area contributed by atoms with Gasteiger partial charge in [0, 0.05) is 24.8 Å². The highest BCUT2D eigenvalue weighted by atomic mass is 35.5. The van der Waals surface area contributed by atoms with Crippen LogP contribution in [0.5, 0.6) is 0 Å². The summed E-state index contributed by atoms with van der Waals surface area (Å²) in [5.41, 5.74) is 3.02. The lowest BCUT2D eigenvalue weighted by molar-refractivity contribution is -0.153. The Balaban J connectivity index is 1.74. The van der Waals surface area contributed by atoms with Crippen molar-refractivity contribution >= 4 is 29.4 Å². The van der Waals surface area contributed by atoms with Crippen LogP contribution in [0.25, 0.3) is 0 Å². The molecule has 0 spiro atoms. The van der Waals surface area contributed by atoms with Gasteiger partial charge in [-0.05, 0) is 43.4 Å². The molecule has 3 rings (SSSR count). The molecule has 0 aromatic heterocycles. The lowest BCUT2D eigenvalue weighted by Gasteiger charge is -2.22. The van der Waals surface area contributed by atoms with Crippen LogP contribution in [0, 0.1) is 17.8 Å². The number of carbonyl (C=O) groups is 3. The van der Waals surface area contributed by atoms with Gasteiger partial charge in [-0.25, -0.2) is 10.3 Å². The molecule has 0 bridgehead atoms. The average molecular weight is 497 g/mol. The quantitative estimate of drug-likeness (QED) is 0.212. The average Bonchev–Trinajstić information content (AvgIpc) is 3.37. The molecule has 0 aliphatic heterocycles. The van der Waals surface area contributed by atoms with Gasteiger partial charge in [-0.2, -0.15) is 0 Å². The molecule has 1 aliphatic rings. The molecular weight excluding hydrogens is 468 g/mol. The van der Waals surface area contributed by atoms with Gasteiger partial charge in [0.15, 0.2) is 0 Å². The molecule has 3 N–H and O–H groups in total. The van der Waals surface area contributed by atoms with Crippen molar-refractivity contribution in [3.63, 3.8) is 0 Å². The van der Waals surface area contributed by atoms with E-state index in [4.69, 9.17) is 21.5 Å². The Morgan fingerprint density at radius 3 is 2.43 bits per heavy atom. The van der Waals surface area contributed by atoms with E-state index >= 15 is 0 Å². The first-order valence-electron chi connectivity index (χ1n) is 11.7. The number of benzene rings is 2. The topological polar surface area (TPSA) is 105 Å². The maximum absolute atomic E-state index is 13.2. The summed E-state index contributed by atoms with van der Waals surface area (Å²) in [5, 5.41) is 12.2. The Morgan fingerprint density at radius 1 is 1.06 bits per heavy atom. The number of esters is 1. The molecular formula is C27H29ClN2O5. The Labute approximate surface area is 210 Å². The van der Waals surface area contributed by atoms with Crippen molar-refractivity contribution in [2.75, 3.05) is 0 Å². The molecule has 2 aromatic carbocycles. The summed E-state index contributed by atoms with van der Waals surface area (Å²) >= 11 is 6.13. The van der Waals surface area contributed by atoms with E-state index in [0.717, 1.165) is 31.2 Å². The summed E-state index contributed by atoms with van der Waals surface area (Å²) in [4.78, 5) is 38.0. The number of rotatable bonds is 9. The third kappa shape index (κ3) is 8.43. The molecule has 1 aliphatic carbocycles. The monoisotopic (exact) mass is 496 g/mol. The molecule has 2 aromatic rings. The van der Waals surface area contributed by atoms with Crippen LogP contribution in [-0.2, 0) is 25.5 Å². The Hall–Kier alpha value is -3.34. The lowest BCUT2D eigenvalue weighted by Crippen LogP contribution is -2.47. The van der Waals surface area contributed by atoms with E-state index in [1.807, 2.05) is 30.3 Å². The molecule has 1 unspecified atom stereocenters. The normalized spacial score (nSPS) is 14.8. The highest BCUT2D eigenvalue weighted by molar-refractivity contribution is 6.31. The van der Waals surface area contributed by atoms with Crippen LogP contribution in [0.3, 0.4) is 0 Å². The van der Waals surface area contributed by atoms with Crippen LogP contribution in [0.1, 0.15) is 49.7 Å². The minimum atomic E-state index is -0.915. The van der Waals surface area contributed by atoms with E-state index in [2.05, 4.69) is 17.2 Å². The van der Waals surface area contributed by atoms with Gasteiger partial charge in [-0.3, -0.25) is 14.8 Å². The van der Waals surface area contributed by atoms with Crippen LogP contribution < -0.4 is 10.8 Å². The Morgan fingerprint density at radius 2 is 1.74 bits per heavy atom. The lowest BCUT2D eigenvalue weighted by atomic mass is 9.98. The van der Waals surface area contributed by atoms with Crippen LogP contribution in [0.4, 0.5) is 0 Å². The van der Waals surface area contributed by atoms with Crippen molar-refractivity contribution in [2.24, 2.45) is 5.92 Å². The smallest absolute Gasteiger partial charge is 0.329 e. The summed E-state index contributed by atoms with van der Waals surface area (Å²) in [5.74, 6) is 3.16. The Kier molecular flexibility index (Phi) is 10.1. The van der Waals surface area contributed by atoms with Gasteiger partial charge >= 0.3 is 5.97 Å². The molecule has 184 valence electrons. The predicted octanol–water partition coefficient (Wildman–Crippen LogP) is 3.81. The van der Waals surface area contributed by atoms with Crippen LogP contribution in [0.2, 0.25) is 5.02 Å².